The second kappa shape index (κ2) is 7.50. The summed E-state index contributed by atoms with van der Waals surface area (Å²) in [6.07, 6.45) is 4.05. The predicted octanol–water partition coefficient (Wildman–Crippen LogP) is 2.16. The minimum absolute atomic E-state index is 0.158. The van der Waals surface area contributed by atoms with Crippen molar-refractivity contribution >= 4 is 11.3 Å². The molecule has 0 radical (unpaired) electrons. The lowest BCUT2D eigenvalue weighted by molar-refractivity contribution is -0.0320. The molecule has 0 amide bonds. The summed E-state index contributed by atoms with van der Waals surface area (Å²) in [5, 5.41) is 6.99. The second-order valence-corrected chi connectivity index (χ2v) is 6.53. The van der Waals surface area contributed by atoms with E-state index in [1.807, 2.05) is 6.20 Å². The maximum atomic E-state index is 5.51. The molecule has 4 nitrogen and oxygen atoms in total. The summed E-state index contributed by atoms with van der Waals surface area (Å²) >= 11 is 1.76. The molecule has 1 saturated heterocycles. The molecule has 2 heterocycles. The van der Waals surface area contributed by atoms with Crippen molar-refractivity contribution in [1.82, 2.24) is 15.2 Å². The molecule has 1 aliphatic heterocycles. The summed E-state index contributed by atoms with van der Waals surface area (Å²) in [6, 6.07) is 0.432. The van der Waals surface area contributed by atoms with Crippen LogP contribution < -0.4 is 5.32 Å². The summed E-state index contributed by atoms with van der Waals surface area (Å²) in [6.45, 7) is 11.6. The van der Waals surface area contributed by atoms with Gasteiger partial charge in [0.05, 0.1) is 18.2 Å². The topological polar surface area (TPSA) is 37.4 Å². The first-order valence-corrected chi connectivity index (χ1v) is 8.53. The molecule has 1 aliphatic rings. The zero-order chi connectivity index (χ0) is 14.4. The van der Waals surface area contributed by atoms with Crippen LogP contribution in [0.25, 0.3) is 0 Å². The van der Waals surface area contributed by atoms with E-state index < -0.39 is 0 Å². The highest BCUT2D eigenvalue weighted by atomic mass is 32.1. The van der Waals surface area contributed by atoms with Gasteiger partial charge in [-0.05, 0) is 19.9 Å². The van der Waals surface area contributed by atoms with Crippen molar-refractivity contribution in [3.05, 3.63) is 16.6 Å². The van der Waals surface area contributed by atoms with Crippen LogP contribution >= 0.6 is 11.3 Å². The highest BCUT2D eigenvalue weighted by Crippen LogP contribution is 2.27. The average Bonchev–Trinajstić information content (AvgIpc) is 3.00. The Morgan fingerprint density at radius 3 is 2.75 bits per heavy atom. The predicted molar refractivity (Wildman–Crippen MR) is 84.4 cm³/mol. The van der Waals surface area contributed by atoms with Crippen molar-refractivity contribution in [3.63, 3.8) is 0 Å². The largest absolute Gasteiger partial charge is 0.379 e. The SMILES string of the molecule is CCNC(Cc1nccs1)C(C)(CC)N1CCOCC1. The van der Waals surface area contributed by atoms with Crippen LogP contribution in [0, 0.1) is 0 Å². The van der Waals surface area contributed by atoms with Gasteiger partial charge in [-0.1, -0.05) is 13.8 Å². The van der Waals surface area contributed by atoms with E-state index in [1.54, 1.807) is 11.3 Å². The van der Waals surface area contributed by atoms with Gasteiger partial charge in [0.2, 0.25) is 0 Å². The maximum absolute atomic E-state index is 5.51. The van der Waals surface area contributed by atoms with Gasteiger partial charge >= 0.3 is 0 Å². The van der Waals surface area contributed by atoms with E-state index in [0.717, 1.165) is 45.7 Å². The fraction of sp³-hybridized carbons (Fsp3) is 0.800. The Morgan fingerprint density at radius 1 is 1.45 bits per heavy atom. The summed E-state index contributed by atoms with van der Waals surface area (Å²) in [5.74, 6) is 0. The Kier molecular flexibility index (Phi) is 5.96. The third kappa shape index (κ3) is 3.58. The molecule has 1 fully saturated rings. The molecule has 5 heteroatoms. The van der Waals surface area contributed by atoms with Crippen LogP contribution in [0.5, 0.6) is 0 Å². The number of morpholine rings is 1. The highest BCUT2D eigenvalue weighted by Gasteiger charge is 2.38. The molecule has 114 valence electrons. The zero-order valence-electron chi connectivity index (χ0n) is 12.9. The number of ether oxygens (including phenoxy) is 1. The van der Waals surface area contributed by atoms with Gasteiger partial charge < -0.3 is 10.1 Å². The van der Waals surface area contributed by atoms with Crippen LogP contribution in [0.4, 0.5) is 0 Å². The van der Waals surface area contributed by atoms with Gasteiger partial charge in [0.1, 0.15) is 0 Å². The van der Waals surface area contributed by atoms with Crippen molar-refractivity contribution in [3.8, 4) is 0 Å². The van der Waals surface area contributed by atoms with Gasteiger partial charge in [0.15, 0.2) is 0 Å². The Hall–Kier alpha value is -0.490. The van der Waals surface area contributed by atoms with E-state index in [1.165, 1.54) is 5.01 Å². The van der Waals surface area contributed by atoms with Crippen molar-refractivity contribution in [2.75, 3.05) is 32.8 Å². The molecule has 1 N–H and O–H groups in total. The second-order valence-electron chi connectivity index (χ2n) is 5.55. The molecule has 0 bridgehead atoms. The van der Waals surface area contributed by atoms with E-state index in [-0.39, 0.29) is 5.54 Å². The van der Waals surface area contributed by atoms with Crippen LogP contribution in [0.3, 0.4) is 0 Å². The van der Waals surface area contributed by atoms with Crippen LogP contribution in [0.15, 0.2) is 11.6 Å². The number of nitrogens with zero attached hydrogens (tertiary/aromatic N) is 2. The number of hydrogen-bond acceptors (Lipinski definition) is 5. The average molecular weight is 297 g/mol. The number of hydrogen-bond donors (Lipinski definition) is 1. The highest BCUT2D eigenvalue weighted by molar-refractivity contribution is 7.09. The molecule has 1 aromatic rings. The smallest absolute Gasteiger partial charge is 0.0941 e. The maximum Gasteiger partial charge on any atom is 0.0941 e. The molecule has 0 aliphatic carbocycles. The van der Waals surface area contributed by atoms with E-state index in [4.69, 9.17) is 4.74 Å². The van der Waals surface area contributed by atoms with Crippen LogP contribution in [-0.2, 0) is 11.2 Å². The molecule has 20 heavy (non-hydrogen) atoms. The lowest BCUT2D eigenvalue weighted by Gasteiger charge is -2.48. The summed E-state index contributed by atoms with van der Waals surface area (Å²) in [4.78, 5) is 7.06. The Labute approximate surface area is 126 Å². The van der Waals surface area contributed by atoms with E-state index in [9.17, 15) is 0 Å². The van der Waals surface area contributed by atoms with Crippen LogP contribution in [0.2, 0.25) is 0 Å². The number of rotatable bonds is 7. The summed E-state index contributed by atoms with van der Waals surface area (Å²) in [5.41, 5.74) is 0.158. The van der Waals surface area contributed by atoms with Crippen molar-refractivity contribution in [1.29, 1.82) is 0 Å². The van der Waals surface area contributed by atoms with E-state index in [2.05, 4.69) is 41.4 Å². The Balaban J connectivity index is 2.13. The third-order valence-corrected chi connectivity index (χ3v) is 5.31. The molecular weight excluding hydrogens is 270 g/mol. The molecule has 0 aromatic carbocycles. The molecule has 2 atom stereocenters. The first-order chi connectivity index (χ1) is 9.70. The normalized spacial score (nSPS) is 21.6. The number of thiazole rings is 1. The van der Waals surface area contributed by atoms with Crippen LogP contribution in [-0.4, -0.2) is 54.3 Å². The fourth-order valence-electron chi connectivity index (χ4n) is 3.05. The van der Waals surface area contributed by atoms with Crippen molar-refractivity contribution < 1.29 is 4.74 Å². The van der Waals surface area contributed by atoms with E-state index >= 15 is 0 Å². The Morgan fingerprint density at radius 2 is 2.20 bits per heavy atom. The standard InChI is InChI=1S/C15H27N3OS/c1-4-15(3,18-7-9-19-10-8-18)13(16-5-2)12-14-17-6-11-20-14/h6,11,13,16H,4-5,7-10,12H2,1-3H3. The van der Waals surface area contributed by atoms with Gasteiger partial charge in [0.25, 0.3) is 0 Å². The summed E-state index contributed by atoms with van der Waals surface area (Å²) in [7, 11) is 0. The first kappa shape index (κ1) is 15.9. The molecule has 0 spiro atoms. The lowest BCUT2D eigenvalue weighted by Crippen LogP contribution is -2.62. The molecule has 2 rings (SSSR count). The molecule has 2 unspecified atom stereocenters. The number of likely N-dealkylation sites (N-methyl/N-ethyl adjacent to an activating group) is 1. The van der Waals surface area contributed by atoms with Crippen molar-refractivity contribution in [2.45, 2.75) is 45.2 Å². The number of nitrogens with one attached hydrogen (secondary N) is 1. The van der Waals surface area contributed by atoms with Gasteiger partial charge in [-0.15, -0.1) is 11.3 Å². The van der Waals surface area contributed by atoms with E-state index in [0.29, 0.717) is 6.04 Å². The fourth-order valence-corrected chi connectivity index (χ4v) is 3.71. The lowest BCUT2D eigenvalue weighted by atomic mass is 9.85. The number of aromatic nitrogens is 1. The summed E-state index contributed by atoms with van der Waals surface area (Å²) < 4.78 is 5.51. The molecule has 1 aromatic heterocycles. The third-order valence-electron chi connectivity index (χ3n) is 4.51. The molecular formula is C15H27N3OS. The molecule has 0 saturated carbocycles. The quantitative estimate of drug-likeness (QED) is 0.837. The van der Waals surface area contributed by atoms with Gasteiger partial charge in [-0.3, -0.25) is 4.90 Å². The monoisotopic (exact) mass is 297 g/mol. The van der Waals surface area contributed by atoms with Crippen molar-refractivity contribution in [2.24, 2.45) is 0 Å². The zero-order valence-corrected chi connectivity index (χ0v) is 13.7. The van der Waals surface area contributed by atoms with Gasteiger partial charge in [-0.25, -0.2) is 4.98 Å². The minimum Gasteiger partial charge on any atom is -0.379 e. The van der Waals surface area contributed by atoms with Gasteiger partial charge in [0, 0.05) is 42.7 Å². The first-order valence-electron chi connectivity index (χ1n) is 7.65. The Bertz CT molecular complexity index is 378. The van der Waals surface area contributed by atoms with Crippen LogP contribution in [0.1, 0.15) is 32.2 Å². The van der Waals surface area contributed by atoms with Gasteiger partial charge in [-0.2, -0.15) is 0 Å². The minimum atomic E-state index is 0.158.